The van der Waals surface area contributed by atoms with Crippen molar-refractivity contribution in [2.45, 2.75) is 19.6 Å². The number of pyridine rings is 1. The minimum atomic E-state index is -1.30. The Kier molecular flexibility index (Phi) is 6.72. The molecule has 3 amide bonds. The van der Waals surface area contributed by atoms with Gasteiger partial charge in [0.2, 0.25) is 6.17 Å². The molecule has 1 aliphatic rings. The van der Waals surface area contributed by atoms with Crippen LogP contribution >= 0.6 is 0 Å². The van der Waals surface area contributed by atoms with Crippen LogP contribution in [0.15, 0.2) is 102 Å². The van der Waals surface area contributed by atoms with Crippen molar-refractivity contribution >= 4 is 29.0 Å². The van der Waals surface area contributed by atoms with E-state index in [1.807, 2.05) is 49.4 Å². The normalized spacial score (nSPS) is 14.9. The number of rotatable bonds is 5. The number of aryl methyl sites for hydroxylation is 1. The zero-order valence-corrected chi connectivity index (χ0v) is 20.1. The second-order valence-corrected chi connectivity index (χ2v) is 8.63. The van der Waals surface area contributed by atoms with E-state index in [2.05, 4.69) is 20.6 Å². The number of para-hydroxylation sites is 1. The van der Waals surface area contributed by atoms with E-state index < -0.39 is 23.9 Å². The first kappa shape index (κ1) is 23.9. The number of anilines is 2. The molecule has 0 radical (unpaired) electrons. The Labute approximate surface area is 213 Å². The molecule has 0 bridgehead atoms. The molecule has 1 aliphatic heterocycles. The summed E-state index contributed by atoms with van der Waals surface area (Å²) < 4.78 is 15.0. The molecular weight excluding hydrogens is 469 g/mol. The van der Waals surface area contributed by atoms with Crippen LogP contribution in [-0.4, -0.2) is 28.8 Å². The highest BCUT2D eigenvalue weighted by molar-refractivity contribution is 6.20. The number of benzene rings is 3. The molecule has 8 heteroatoms. The number of hydrogen-bond donors (Lipinski definition) is 2. The Morgan fingerprint density at radius 1 is 0.946 bits per heavy atom. The molecule has 0 aliphatic carbocycles. The van der Waals surface area contributed by atoms with Crippen LogP contribution in [0.5, 0.6) is 0 Å². The zero-order chi connectivity index (χ0) is 25.8. The summed E-state index contributed by atoms with van der Waals surface area (Å²) in [6, 6.07) is 23.8. The van der Waals surface area contributed by atoms with Crippen molar-refractivity contribution in [2.75, 3.05) is 10.2 Å². The molecule has 184 valence electrons. The van der Waals surface area contributed by atoms with E-state index in [4.69, 9.17) is 0 Å². The molecule has 2 heterocycles. The van der Waals surface area contributed by atoms with Gasteiger partial charge in [-0.3, -0.25) is 9.78 Å². The summed E-state index contributed by atoms with van der Waals surface area (Å²) in [6.45, 7) is 2.13. The van der Waals surface area contributed by atoms with Crippen molar-refractivity contribution in [1.82, 2.24) is 10.3 Å². The molecule has 0 saturated carbocycles. The summed E-state index contributed by atoms with van der Waals surface area (Å²) in [7, 11) is 0. The van der Waals surface area contributed by atoms with Gasteiger partial charge in [-0.1, -0.05) is 42.5 Å². The molecule has 4 aromatic rings. The lowest BCUT2D eigenvalue weighted by molar-refractivity contribution is -0.120. The van der Waals surface area contributed by atoms with Crippen molar-refractivity contribution < 1.29 is 14.0 Å². The van der Waals surface area contributed by atoms with Crippen molar-refractivity contribution in [3.05, 3.63) is 125 Å². The fraction of sp³-hybridized carbons (Fsp3) is 0.103. The van der Waals surface area contributed by atoms with Gasteiger partial charge in [0.25, 0.3) is 5.91 Å². The third kappa shape index (κ3) is 5.23. The van der Waals surface area contributed by atoms with Crippen LogP contribution in [-0.2, 0) is 11.3 Å². The highest BCUT2D eigenvalue weighted by Crippen LogP contribution is 2.30. The van der Waals surface area contributed by atoms with Crippen molar-refractivity contribution in [1.29, 1.82) is 0 Å². The minimum Gasteiger partial charge on any atom is -0.308 e. The maximum Gasteiger partial charge on any atom is 0.321 e. The number of aromatic nitrogens is 1. The lowest BCUT2D eigenvalue weighted by atomic mass is 9.99. The molecule has 37 heavy (non-hydrogen) atoms. The average Bonchev–Trinajstić information content (AvgIpc) is 3.00. The van der Waals surface area contributed by atoms with Crippen LogP contribution in [0.3, 0.4) is 0 Å². The van der Waals surface area contributed by atoms with Crippen molar-refractivity contribution in [2.24, 2.45) is 4.99 Å². The number of carbonyl (C=O) groups is 2. The Bertz CT molecular complexity index is 1490. The lowest BCUT2D eigenvalue weighted by Gasteiger charge is -2.25. The third-order valence-corrected chi connectivity index (χ3v) is 5.97. The van der Waals surface area contributed by atoms with Gasteiger partial charge in [0.1, 0.15) is 5.82 Å². The van der Waals surface area contributed by atoms with Gasteiger partial charge in [-0.25, -0.2) is 14.2 Å². The number of aliphatic imine (C=N–C) groups is 1. The van der Waals surface area contributed by atoms with E-state index in [1.54, 1.807) is 53.7 Å². The van der Waals surface area contributed by atoms with Gasteiger partial charge in [-0.15, -0.1) is 0 Å². The zero-order valence-electron chi connectivity index (χ0n) is 20.1. The Morgan fingerprint density at radius 3 is 2.43 bits per heavy atom. The number of halogens is 1. The van der Waals surface area contributed by atoms with E-state index in [0.29, 0.717) is 16.9 Å². The van der Waals surface area contributed by atoms with Gasteiger partial charge >= 0.3 is 6.03 Å². The minimum absolute atomic E-state index is 0.218. The smallest absolute Gasteiger partial charge is 0.308 e. The predicted octanol–water partition coefficient (Wildman–Crippen LogP) is 5.06. The largest absolute Gasteiger partial charge is 0.321 e. The quantitative estimate of drug-likeness (QED) is 0.407. The Hall–Kier alpha value is -4.85. The van der Waals surface area contributed by atoms with E-state index in [-0.39, 0.29) is 17.8 Å². The summed E-state index contributed by atoms with van der Waals surface area (Å²) in [5, 5.41) is 5.43. The average molecular weight is 494 g/mol. The maximum absolute atomic E-state index is 15.0. The summed E-state index contributed by atoms with van der Waals surface area (Å²) in [4.78, 5) is 37.1. The van der Waals surface area contributed by atoms with Crippen LogP contribution in [0.2, 0.25) is 0 Å². The second-order valence-electron chi connectivity index (χ2n) is 8.63. The lowest BCUT2D eigenvalue weighted by Crippen LogP contribution is -2.48. The number of urea groups is 1. The first-order valence-electron chi connectivity index (χ1n) is 11.8. The summed E-state index contributed by atoms with van der Waals surface area (Å²) in [5.41, 5.74) is 4.05. The van der Waals surface area contributed by atoms with Gasteiger partial charge in [-0.2, -0.15) is 0 Å². The molecule has 2 N–H and O–H groups in total. The number of amides is 3. The molecule has 1 aromatic heterocycles. The fourth-order valence-corrected chi connectivity index (χ4v) is 4.24. The standard InChI is InChI=1S/C29H24FN5O2/c1-19-7-6-8-21(17-19)32-29(37)34-27-28(36)35(18-20-13-15-31-16-14-20)25-12-5-3-10-23(25)26(33-27)22-9-2-4-11-24(22)30/h2-17,27H,18H2,1H3,(H2,32,34,37). The number of nitrogens with one attached hydrogen (secondary N) is 2. The number of nitrogens with zero attached hydrogens (tertiary/aromatic N) is 3. The second kappa shape index (κ2) is 10.4. The summed E-state index contributed by atoms with van der Waals surface area (Å²) in [6.07, 6.45) is 2.00. The molecule has 1 unspecified atom stereocenters. The fourth-order valence-electron chi connectivity index (χ4n) is 4.24. The Balaban J connectivity index is 1.57. The summed E-state index contributed by atoms with van der Waals surface area (Å²) >= 11 is 0. The van der Waals surface area contributed by atoms with Crippen LogP contribution in [0, 0.1) is 12.7 Å². The first-order valence-corrected chi connectivity index (χ1v) is 11.8. The van der Waals surface area contributed by atoms with Gasteiger partial charge in [0, 0.05) is 29.2 Å². The van der Waals surface area contributed by atoms with E-state index in [0.717, 1.165) is 11.1 Å². The molecule has 3 aromatic carbocycles. The van der Waals surface area contributed by atoms with E-state index >= 15 is 0 Å². The highest BCUT2D eigenvalue weighted by Gasteiger charge is 2.33. The molecule has 1 atom stereocenters. The molecule has 0 spiro atoms. The topological polar surface area (TPSA) is 86.7 Å². The number of hydrogen-bond acceptors (Lipinski definition) is 4. The first-order chi connectivity index (χ1) is 18.0. The van der Waals surface area contributed by atoms with Crippen LogP contribution in [0.25, 0.3) is 0 Å². The monoisotopic (exact) mass is 493 g/mol. The van der Waals surface area contributed by atoms with Gasteiger partial charge in [0.15, 0.2) is 0 Å². The van der Waals surface area contributed by atoms with Gasteiger partial charge < -0.3 is 15.5 Å². The van der Waals surface area contributed by atoms with Crippen molar-refractivity contribution in [3.63, 3.8) is 0 Å². The predicted molar refractivity (Wildman–Crippen MR) is 141 cm³/mol. The number of carbonyl (C=O) groups excluding carboxylic acids is 2. The van der Waals surface area contributed by atoms with Crippen LogP contribution in [0.1, 0.15) is 22.3 Å². The highest BCUT2D eigenvalue weighted by atomic mass is 19.1. The maximum atomic E-state index is 15.0. The van der Waals surface area contributed by atoms with E-state index in [1.165, 1.54) is 6.07 Å². The summed E-state index contributed by atoms with van der Waals surface area (Å²) in [5.74, 6) is -0.927. The van der Waals surface area contributed by atoms with Crippen LogP contribution < -0.4 is 15.5 Å². The molecule has 0 saturated heterocycles. The molecular formula is C29H24FN5O2. The molecule has 0 fully saturated rings. The number of fused-ring (bicyclic) bond motifs is 1. The van der Waals surface area contributed by atoms with E-state index in [9.17, 15) is 14.0 Å². The number of benzodiazepines with no additional fused rings is 1. The third-order valence-electron chi connectivity index (χ3n) is 5.97. The molecule has 7 nitrogen and oxygen atoms in total. The SMILES string of the molecule is Cc1cccc(NC(=O)NC2N=C(c3ccccc3F)c3ccccc3N(Cc3ccncc3)C2=O)c1. The molecule has 5 rings (SSSR count). The Morgan fingerprint density at radius 2 is 1.68 bits per heavy atom. The van der Waals surface area contributed by atoms with Crippen LogP contribution in [0.4, 0.5) is 20.6 Å². The van der Waals surface area contributed by atoms with Gasteiger partial charge in [-0.05, 0) is 60.5 Å². The van der Waals surface area contributed by atoms with Gasteiger partial charge in [0.05, 0.1) is 17.9 Å². The van der Waals surface area contributed by atoms with Crippen molar-refractivity contribution in [3.8, 4) is 0 Å².